The van der Waals surface area contributed by atoms with E-state index in [0.29, 0.717) is 12.2 Å². The second-order valence-electron chi connectivity index (χ2n) is 6.79. The van der Waals surface area contributed by atoms with Gasteiger partial charge in [0.2, 0.25) is 0 Å². The van der Waals surface area contributed by atoms with Crippen LogP contribution in [0.3, 0.4) is 0 Å². The number of rotatable bonds is 6. The summed E-state index contributed by atoms with van der Waals surface area (Å²) in [5.41, 5.74) is 5.77. The molecule has 4 aromatic rings. The minimum absolute atomic E-state index is 0.165. The molecule has 5 nitrogen and oxygen atoms in total. The molecule has 0 atom stereocenters. The number of pyridine rings is 1. The van der Waals surface area contributed by atoms with Gasteiger partial charge in [-0.3, -0.25) is 4.79 Å². The Balaban J connectivity index is 1.32. The molecule has 2 aromatic heterocycles. The van der Waals surface area contributed by atoms with Crippen molar-refractivity contribution in [2.75, 3.05) is 11.9 Å². The number of aromatic nitrogens is 2. The van der Waals surface area contributed by atoms with E-state index >= 15 is 0 Å². The molecule has 1 amide bonds. The molecule has 4 rings (SSSR count). The Morgan fingerprint density at radius 3 is 2.57 bits per heavy atom. The Morgan fingerprint density at radius 2 is 1.79 bits per heavy atom. The first-order chi connectivity index (χ1) is 13.7. The van der Waals surface area contributed by atoms with E-state index in [1.165, 1.54) is 16.5 Å². The topological polar surface area (TPSA) is 69.8 Å². The van der Waals surface area contributed by atoms with Gasteiger partial charge in [0.1, 0.15) is 5.69 Å². The lowest BCUT2D eigenvalue weighted by Crippen LogP contribution is -2.26. The number of H-pyrrole nitrogens is 1. The summed E-state index contributed by atoms with van der Waals surface area (Å²) in [6, 6.07) is 19.9. The number of carbonyl (C=O) groups excluding carboxylic acids is 1. The number of carbonyl (C=O) groups is 1. The first-order valence-electron chi connectivity index (χ1n) is 9.32. The molecule has 0 aliphatic carbocycles. The average molecular weight is 370 g/mol. The number of hydrogen-bond acceptors (Lipinski definition) is 3. The van der Waals surface area contributed by atoms with E-state index in [1.807, 2.05) is 54.7 Å². The van der Waals surface area contributed by atoms with Gasteiger partial charge in [-0.1, -0.05) is 35.9 Å². The van der Waals surface area contributed by atoms with Gasteiger partial charge in [0.25, 0.3) is 5.91 Å². The molecule has 0 spiro atoms. The van der Waals surface area contributed by atoms with Gasteiger partial charge in [-0.2, -0.15) is 0 Å². The molecule has 0 saturated carbocycles. The zero-order valence-corrected chi connectivity index (χ0v) is 15.7. The molecule has 0 radical (unpaired) electrons. The number of nitrogens with one attached hydrogen (secondary N) is 3. The summed E-state index contributed by atoms with van der Waals surface area (Å²) in [4.78, 5) is 19.9. The number of nitrogens with zero attached hydrogens (tertiary/aromatic N) is 1. The molecular weight excluding hydrogens is 348 g/mol. The van der Waals surface area contributed by atoms with Gasteiger partial charge < -0.3 is 15.6 Å². The molecule has 0 fully saturated rings. The number of para-hydroxylation sites is 1. The van der Waals surface area contributed by atoms with Crippen molar-refractivity contribution < 1.29 is 4.79 Å². The van der Waals surface area contributed by atoms with Crippen molar-refractivity contribution >= 4 is 28.2 Å². The summed E-state index contributed by atoms with van der Waals surface area (Å²) in [5.74, 6) is -0.165. The van der Waals surface area contributed by atoms with Crippen LogP contribution in [0, 0.1) is 6.92 Å². The summed E-state index contributed by atoms with van der Waals surface area (Å²) in [7, 11) is 0. The maximum absolute atomic E-state index is 12.3. The maximum atomic E-state index is 12.3. The highest BCUT2D eigenvalue weighted by atomic mass is 16.1. The van der Waals surface area contributed by atoms with Crippen LogP contribution in [0.1, 0.15) is 21.6 Å². The van der Waals surface area contributed by atoms with E-state index in [-0.39, 0.29) is 5.91 Å². The Morgan fingerprint density at radius 1 is 1.00 bits per heavy atom. The quantitative estimate of drug-likeness (QED) is 0.465. The van der Waals surface area contributed by atoms with Gasteiger partial charge >= 0.3 is 0 Å². The number of fused-ring (bicyclic) bond motifs is 1. The lowest BCUT2D eigenvalue weighted by molar-refractivity contribution is 0.0949. The molecule has 0 aliphatic heterocycles. The first-order valence-corrected chi connectivity index (χ1v) is 9.32. The average Bonchev–Trinajstić information content (AvgIpc) is 3.13. The Labute approximate surface area is 163 Å². The van der Waals surface area contributed by atoms with Gasteiger partial charge in [0.05, 0.1) is 11.9 Å². The Kier molecular flexibility index (Phi) is 5.06. The third kappa shape index (κ3) is 4.04. The van der Waals surface area contributed by atoms with Crippen LogP contribution in [0.2, 0.25) is 0 Å². The van der Waals surface area contributed by atoms with E-state index in [0.717, 1.165) is 23.3 Å². The first kappa shape index (κ1) is 17.8. The molecule has 0 bridgehead atoms. The predicted octanol–water partition coefficient (Wildman–Crippen LogP) is 4.59. The summed E-state index contributed by atoms with van der Waals surface area (Å²) in [6.45, 7) is 2.61. The molecule has 5 heteroatoms. The van der Waals surface area contributed by atoms with Crippen molar-refractivity contribution in [3.8, 4) is 0 Å². The highest BCUT2D eigenvalue weighted by molar-refractivity contribution is 5.92. The SMILES string of the molecule is Cc1ccc(Nc2ccc(C(=O)NCCc3c[nH]c4ccccc34)nc2)cc1. The van der Waals surface area contributed by atoms with Crippen molar-refractivity contribution in [1.82, 2.24) is 15.3 Å². The van der Waals surface area contributed by atoms with E-state index in [1.54, 1.807) is 12.3 Å². The lowest BCUT2D eigenvalue weighted by Gasteiger charge is -2.08. The Bertz CT molecular complexity index is 1080. The highest BCUT2D eigenvalue weighted by Crippen LogP contribution is 2.18. The van der Waals surface area contributed by atoms with Crippen LogP contribution in [0.25, 0.3) is 10.9 Å². The van der Waals surface area contributed by atoms with Gasteiger partial charge in [-0.05, 0) is 49.2 Å². The van der Waals surface area contributed by atoms with Crippen LogP contribution in [-0.2, 0) is 6.42 Å². The summed E-state index contributed by atoms with van der Waals surface area (Å²) >= 11 is 0. The summed E-state index contributed by atoms with van der Waals surface area (Å²) in [6.07, 6.45) is 4.44. The normalized spacial score (nSPS) is 10.8. The number of benzene rings is 2. The second kappa shape index (κ2) is 7.96. The van der Waals surface area contributed by atoms with Gasteiger partial charge in [0, 0.05) is 29.3 Å². The zero-order valence-electron chi connectivity index (χ0n) is 15.7. The molecule has 3 N–H and O–H groups in total. The van der Waals surface area contributed by atoms with Crippen LogP contribution in [0.4, 0.5) is 11.4 Å². The molecule has 2 heterocycles. The summed E-state index contributed by atoms with van der Waals surface area (Å²) in [5, 5.41) is 7.42. The van der Waals surface area contributed by atoms with Crippen LogP contribution in [-0.4, -0.2) is 22.4 Å². The third-order valence-electron chi connectivity index (χ3n) is 4.69. The fourth-order valence-corrected chi connectivity index (χ4v) is 3.15. The second-order valence-corrected chi connectivity index (χ2v) is 6.79. The predicted molar refractivity (Wildman–Crippen MR) is 113 cm³/mol. The number of aromatic amines is 1. The number of amides is 1. The van der Waals surface area contributed by atoms with E-state index < -0.39 is 0 Å². The molecule has 28 heavy (non-hydrogen) atoms. The van der Waals surface area contributed by atoms with Crippen molar-refractivity contribution in [3.05, 3.63) is 89.9 Å². The summed E-state index contributed by atoms with van der Waals surface area (Å²) < 4.78 is 0. The van der Waals surface area contributed by atoms with Gasteiger partial charge in [-0.25, -0.2) is 4.98 Å². The maximum Gasteiger partial charge on any atom is 0.269 e. The standard InChI is InChI=1S/C23H22N4O/c1-16-6-8-18(9-7-16)27-19-10-11-22(26-15-19)23(28)24-13-12-17-14-25-21-5-3-2-4-20(17)21/h2-11,14-15,25,27H,12-13H2,1H3,(H,24,28). The monoisotopic (exact) mass is 370 g/mol. The Hall–Kier alpha value is -3.60. The van der Waals surface area contributed by atoms with Crippen molar-refractivity contribution in [3.63, 3.8) is 0 Å². The molecule has 0 unspecified atom stereocenters. The minimum Gasteiger partial charge on any atom is -0.361 e. The molecule has 2 aromatic carbocycles. The van der Waals surface area contributed by atoms with E-state index in [9.17, 15) is 4.79 Å². The van der Waals surface area contributed by atoms with Crippen molar-refractivity contribution in [1.29, 1.82) is 0 Å². The molecule has 140 valence electrons. The molecule has 0 saturated heterocycles. The largest absolute Gasteiger partial charge is 0.361 e. The fourth-order valence-electron chi connectivity index (χ4n) is 3.15. The molecule has 0 aliphatic rings. The number of aryl methyl sites for hydroxylation is 1. The van der Waals surface area contributed by atoms with Gasteiger partial charge in [0.15, 0.2) is 0 Å². The van der Waals surface area contributed by atoms with Crippen LogP contribution in [0.5, 0.6) is 0 Å². The van der Waals surface area contributed by atoms with Crippen molar-refractivity contribution in [2.24, 2.45) is 0 Å². The van der Waals surface area contributed by atoms with Crippen molar-refractivity contribution in [2.45, 2.75) is 13.3 Å². The van der Waals surface area contributed by atoms with Crippen LogP contribution >= 0.6 is 0 Å². The van der Waals surface area contributed by atoms with Crippen LogP contribution in [0.15, 0.2) is 73.1 Å². The van der Waals surface area contributed by atoms with E-state index in [4.69, 9.17) is 0 Å². The smallest absolute Gasteiger partial charge is 0.269 e. The third-order valence-corrected chi connectivity index (χ3v) is 4.69. The number of anilines is 2. The van der Waals surface area contributed by atoms with Crippen LogP contribution < -0.4 is 10.6 Å². The van der Waals surface area contributed by atoms with E-state index in [2.05, 4.69) is 33.6 Å². The molecular formula is C23H22N4O. The fraction of sp³-hybridized carbons (Fsp3) is 0.130. The minimum atomic E-state index is -0.165. The number of hydrogen-bond donors (Lipinski definition) is 3. The lowest BCUT2D eigenvalue weighted by atomic mass is 10.1. The van der Waals surface area contributed by atoms with Gasteiger partial charge in [-0.15, -0.1) is 0 Å². The highest BCUT2D eigenvalue weighted by Gasteiger charge is 2.08. The zero-order chi connectivity index (χ0) is 19.3.